The molecule has 3 amide bonds. The van der Waals surface area contributed by atoms with E-state index in [-0.39, 0.29) is 18.0 Å². The summed E-state index contributed by atoms with van der Waals surface area (Å²) in [4.78, 5) is 33.5. The second kappa shape index (κ2) is 9.23. The van der Waals surface area contributed by atoms with Crippen LogP contribution in [0, 0.1) is 0 Å². The molecule has 1 fully saturated rings. The lowest BCUT2D eigenvalue weighted by atomic mass is 10.0. The second-order valence-corrected chi connectivity index (χ2v) is 9.63. The van der Waals surface area contributed by atoms with Gasteiger partial charge in [0.25, 0.3) is 5.91 Å². The van der Waals surface area contributed by atoms with Crippen LogP contribution in [0.15, 0.2) is 66.9 Å². The molecule has 1 saturated heterocycles. The summed E-state index contributed by atoms with van der Waals surface area (Å²) in [5.74, 6) is 1.04. The van der Waals surface area contributed by atoms with Crippen molar-refractivity contribution in [2.75, 3.05) is 23.3 Å². The number of anilines is 3. The zero-order valence-corrected chi connectivity index (χ0v) is 19.9. The van der Waals surface area contributed by atoms with Gasteiger partial charge >= 0.3 is 6.03 Å². The molecule has 0 aliphatic carbocycles. The summed E-state index contributed by atoms with van der Waals surface area (Å²) < 4.78 is 5.87. The number of hydrogen-bond acceptors (Lipinski definition) is 7. The Morgan fingerprint density at radius 3 is 2.67 bits per heavy atom. The number of thiophene rings is 1. The number of para-hydroxylation sites is 1. The average Bonchev–Trinajstić information content (AvgIpc) is 3.26. The van der Waals surface area contributed by atoms with E-state index in [4.69, 9.17) is 4.74 Å². The van der Waals surface area contributed by atoms with Gasteiger partial charge in [0.05, 0.1) is 34.6 Å². The Labute approximate surface area is 210 Å². The van der Waals surface area contributed by atoms with E-state index < -0.39 is 6.10 Å². The lowest BCUT2D eigenvalue weighted by Crippen LogP contribution is -2.52. The maximum Gasteiger partial charge on any atom is 0.331 e. The number of aliphatic hydroxyl groups excluding tert-OH is 1. The van der Waals surface area contributed by atoms with Gasteiger partial charge in [0.1, 0.15) is 21.2 Å². The highest BCUT2D eigenvalue weighted by Crippen LogP contribution is 2.45. The first-order valence-electron chi connectivity index (χ1n) is 11.6. The third-order valence-corrected chi connectivity index (χ3v) is 7.39. The lowest BCUT2D eigenvalue weighted by molar-refractivity contribution is 0.0769. The molecule has 4 heterocycles. The summed E-state index contributed by atoms with van der Waals surface area (Å²) in [5, 5.41) is 19.8. The van der Waals surface area contributed by atoms with Crippen molar-refractivity contribution < 1.29 is 19.4 Å². The van der Waals surface area contributed by atoms with E-state index in [9.17, 15) is 14.7 Å². The number of ether oxygens (including phenoxy) is 1. The molecule has 2 aromatic heterocycles. The fraction of sp³-hybridized carbons (Fsp3) is 0.192. The fourth-order valence-electron chi connectivity index (χ4n) is 4.53. The number of nitrogens with one attached hydrogen (secondary N) is 3. The van der Waals surface area contributed by atoms with Gasteiger partial charge in [-0.1, -0.05) is 18.2 Å². The molecule has 9 nitrogen and oxygen atoms in total. The summed E-state index contributed by atoms with van der Waals surface area (Å²) in [6.45, 7) is 1.14. The molecule has 6 rings (SSSR count). The summed E-state index contributed by atoms with van der Waals surface area (Å²) in [5.41, 5.74) is 1.75. The van der Waals surface area contributed by atoms with Gasteiger partial charge in [-0.2, -0.15) is 0 Å². The van der Waals surface area contributed by atoms with E-state index in [0.29, 0.717) is 57.4 Å². The van der Waals surface area contributed by atoms with Crippen LogP contribution in [0.2, 0.25) is 0 Å². The van der Waals surface area contributed by atoms with E-state index in [1.165, 1.54) is 11.3 Å². The van der Waals surface area contributed by atoms with Gasteiger partial charge in [-0.15, -0.1) is 11.3 Å². The number of benzene rings is 2. The highest BCUT2D eigenvalue weighted by molar-refractivity contribution is 7.21. The lowest BCUT2D eigenvalue weighted by Gasteiger charge is -2.30. The first-order valence-corrected chi connectivity index (χ1v) is 12.5. The zero-order valence-electron chi connectivity index (χ0n) is 19.1. The van der Waals surface area contributed by atoms with E-state index in [1.807, 2.05) is 42.5 Å². The number of rotatable bonds is 5. The van der Waals surface area contributed by atoms with Gasteiger partial charge in [-0.05, 0) is 55.4 Å². The van der Waals surface area contributed by atoms with Crippen LogP contribution in [0.1, 0.15) is 16.1 Å². The zero-order chi connectivity index (χ0) is 24.6. The minimum Gasteiger partial charge on any atom is -0.457 e. The van der Waals surface area contributed by atoms with E-state index in [0.717, 1.165) is 5.75 Å². The Morgan fingerprint density at radius 2 is 1.89 bits per heavy atom. The quantitative estimate of drug-likeness (QED) is 0.325. The topological polar surface area (TPSA) is 116 Å². The Kier molecular flexibility index (Phi) is 5.76. The van der Waals surface area contributed by atoms with E-state index >= 15 is 0 Å². The molecular formula is C26H23N5O4S. The molecule has 10 heteroatoms. The third kappa shape index (κ3) is 4.05. The number of hydrogen-bond donors (Lipinski definition) is 4. The van der Waals surface area contributed by atoms with Crippen LogP contribution in [0.3, 0.4) is 0 Å². The predicted molar refractivity (Wildman–Crippen MR) is 138 cm³/mol. The van der Waals surface area contributed by atoms with Gasteiger partial charge in [0.2, 0.25) is 0 Å². The van der Waals surface area contributed by atoms with Crippen LogP contribution in [0.5, 0.6) is 11.5 Å². The van der Waals surface area contributed by atoms with Crippen molar-refractivity contribution in [2.45, 2.75) is 18.6 Å². The van der Waals surface area contributed by atoms with Crippen LogP contribution < -0.4 is 25.6 Å². The van der Waals surface area contributed by atoms with Crippen LogP contribution in [-0.4, -0.2) is 47.3 Å². The van der Waals surface area contributed by atoms with Crippen molar-refractivity contribution in [1.82, 2.24) is 15.6 Å². The number of nitrogens with zero attached hydrogens (tertiary/aromatic N) is 2. The van der Waals surface area contributed by atoms with Crippen molar-refractivity contribution in [3.05, 3.63) is 71.7 Å². The van der Waals surface area contributed by atoms with Crippen molar-refractivity contribution in [3.63, 3.8) is 0 Å². The molecule has 2 aliphatic heterocycles. The first-order chi connectivity index (χ1) is 17.6. The average molecular weight is 502 g/mol. The predicted octanol–water partition coefficient (Wildman–Crippen LogP) is 4.22. The Bertz CT molecular complexity index is 1440. The number of carbonyl (C=O) groups is 2. The standard InChI is InChI=1S/C26H23N5O4S/c32-20-14-27-12-10-18(20)29-24(33)23-22-21-19(11-13-28-25(21)36-23)31(26(34)30-22)15-6-8-17(9-7-15)35-16-4-2-1-3-5-16/h1-9,11,13,18,20,27,32H,10,12,14H2,(H,29,33)(H,30,34)/t18-,20+/m1/s1. The summed E-state index contributed by atoms with van der Waals surface area (Å²) in [7, 11) is 0. The van der Waals surface area contributed by atoms with Crippen LogP contribution in [-0.2, 0) is 0 Å². The van der Waals surface area contributed by atoms with Crippen LogP contribution in [0.25, 0.3) is 10.2 Å². The molecule has 4 N–H and O–H groups in total. The van der Waals surface area contributed by atoms with Crippen molar-refractivity contribution in [1.29, 1.82) is 0 Å². The third-order valence-electron chi connectivity index (χ3n) is 6.29. The smallest absolute Gasteiger partial charge is 0.331 e. The summed E-state index contributed by atoms with van der Waals surface area (Å²) >= 11 is 1.22. The minimum absolute atomic E-state index is 0.332. The molecular weight excluding hydrogens is 478 g/mol. The first kappa shape index (κ1) is 22.5. The van der Waals surface area contributed by atoms with Gasteiger partial charge in [-0.3, -0.25) is 9.69 Å². The summed E-state index contributed by atoms with van der Waals surface area (Å²) in [6, 6.07) is 17.7. The van der Waals surface area contributed by atoms with Crippen LogP contribution in [0.4, 0.5) is 21.9 Å². The molecule has 0 saturated carbocycles. The molecule has 36 heavy (non-hydrogen) atoms. The number of aliphatic hydroxyl groups is 1. The maximum atomic E-state index is 13.3. The number of aromatic nitrogens is 1. The molecule has 0 bridgehead atoms. The largest absolute Gasteiger partial charge is 0.457 e. The number of piperidine rings is 1. The monoisotopic (exact) mass is 501 g/mol. The van der Waals surface area contributed by atoms with Crippen molar-refractivity contribution in [2.24, 2.45) is 0 Å². The Hall–Kier alpha value is -3.99. The molecule has 2 atom stereocenters. The highest BCUT2D eigenvalue weighted by Gasteiger charge is 2.34. The maximum absolute atomic E-state index is 13.3. The minimum atomic E-state index is -0.666. The number of urea groups is 1. The number of carbonyl (C=O) groups excluding carboxylic acids is 2. The van der Waals surface area contributed by atoms with Crippen molar-refractivity contribution in [3.8, 4) is 11.5 Å². The van der Waals surface area contributed by atoms with Gasteiger partial charge in [-0.25, -0.2) is 9.78 Å². The SMILES string of the molecule is O=C(N[C@@H]1CCNC[C@@H]1O)c1sc2nccc3c2c1NC(=O)N3c1ccc(Oc2ccccc2)cc1. The number of β-amino-alcohol motifs (C(OH)–C–C–N with tert-alkyl or cyclic N) is 1. The summed E-state index contributed by atoms with van der Waals surface area (Å²) in [6.07, 6.45) is 1.59. The molecule has 2 aromatic carbocycles. The highest BCUT2D eigenvalue weighted by atomic mass is 32.1. The molecule has 0 unspecified atom stereocenters. The van der Waals surface area contributed by atoms with E-state index in [1.54, 1.807) is 29.3 Å². The molecule has 0 spiro atoms. The van der Waals surface area contributed by atoms with Gasteiger partial charge < -0.3 is 25.8 Å². The fourth-order valence-corrected chi connectivity index (χ4v) is 5.56. The van der Waals surface area contributed by atoms with Crippen molar-refractivity contribution >= 4 is 50.6 Å². The normalized spacial score (nSPS) is 19.1. The molecule has 4 aromatic rings. The number of amides is 3. The molecule has 182 valence electrons. The Morgan fingerprint density at radius 1 is 1.11 bits per heavy atom. The van der Waals surface area contributed by atoms with Gasteiger partial charge in [0, 0.05) is 12.7 Å². The van der Waals surface area contributed by atoms with Gasteiger partial charge in [0.15, 0.2) is 0 Å². The second-order valence-electron chi connectivity index (χ2n) is 8.63. The van der Waals surface area contributed by atoms with E-state index in [2.05, 4.69) is 20.9 Å². The molecule has 0 radical (unpaired) electrons. The number of pyridine rings is 1. The Balaban J connectivity index is 1.31. The molecule has 2 aliphatic rings. The van der Waals surface area contributed by atoms with Crippen LogP contribution >= 0.6 is 11.3 Å².